The van der Waals surface area contributed by atoms with Crippen molar-refractivity contribution in [1.29, 1.82) is 0 Å². The van der Waals surface area contributed by atoms with Crippen molar-refractivity contribution in [1.82, 2.24) is 24.9 Å². The number of nitrogens with zero attached hydrogens (tertiary/aromatic N) is 4. The van der Waals surface area contributed by atoms with Crippen LogP contribution in [-0.4, -0.2) is 58.8 Å². The summed E-state index contributed by atoms with van der Waals surface area (Å²) in [6.07, 6.45) is 2.23. The maximum atomic E-state index is 12.2. The first-order valence-electron chi connectivity index (χ1n) is 7.16. The van der Waals surface area contributed by atoms with Gasteiger partial charge in [0.1, 0.15) is 0 Å². The number of aryl methyl sites for hydroxylation is 2. The SMILES string of the molecule is Cc1cc(CNC(=O)N(C)C2CCCN(C)C2)n(C)n1. The average molecular weight is 279 g/mol. The lowest BCUT2D eigenvalue weighted by atomic mass is 10.1. The van der Waals surface area contributed by atoms with Gasteiger partial charge in [0.25, 0.3) is 0 Å². The number of amides is 2. The second kappa shape index (κ2) is 6.26. The zero-order valence-corrected chi connectivity index (χ0v) is 12.9. The predicted octanol–water partition coefficient (Wildman–Crippen LogP) is 0.964. The minimum atomic E-state index is -0.0100. The molecule has 1 aliphatic heterocycles. The monoisotopic (exact) mass is 279 g/mol. The van der Waals surface area contributed by atoms with Crippen LogP contribution >= 0.6 is 0 Å². The molecule has 6 heteroatoms. The summed E-state index contributed by atoms with van der Waals surface area (Å²) in [5.74, 6) is 0. The van der Waals surface area contributed by atoms with Crippen molar-refractivity contribution in [3.63, 3.8) is 0 Å². The van der Waals surface area contributed by atoms with Crippen molar-refractivity contribution in [2.75, 3.05) is 27.2 Å². The highest BCUT2D eigenvalue weighted by atomic mass is 16.2. The van der Waals surface area contributed by atoms with E-state index in [2.05, 4.69) is 22.4 Å². The van der Waals surface area contributed by atoms with Crippen LogP contribution in [0.1, 0.15) is 24.2 Å². The molecule has 1 unspecified atom stereocenters. The van der Waals surface area contributed by atoms with E-state index in [-0.39, 0.29) is 6.03 Å². The number of carbonyl (C=O) groups is 1. The summed E-state index contributed by atoms with van der Waals surface area (Å²) in [6.45, 7) is 4.55. The molecule has 1 aliphatic rings. The first-order chi connectivity index (χ1) is 9.47. The largest absolute Gasteiger partial charge is 0.332 e. The Labute approximate surface area is 120 Å². The molecule has 1 fully saturated rings. The van der Waals surface area contributed by atoms with E-state index in [9.17, 15) is 4.79 Å². The maximum Gasteiger partial charge on any atom is 0.317 e. The van der Waals surface area contributed by atoms with Crippen LogP contribution in [0.2, 0.25) is 0 Å². The molecular formula is C14H25N5O. The standard InChI is InChI=1S/C14H25N5O/c1-11-8-13(19(4)16-11)9-15-14(20)18(3)12-6-5-7-17(2)10-12/h8,12H,5-7,9-10H2,1-4H3,(H,15,20). The number of rotatable bonds is 3. The summed E-state index contributed by atoms with van der Waals surface area (Å²) in [7, 11) is 5.89. The zero-order valence-electron chi connectivity index (χ0n) is 12.9. The summed E-state index contributed by atoms with van der Waals surface area (Å²) in [5.41, 5.74) is 1.99. The van der Waals surface area contributed by atoms with Gasteiger partial charge in [0.15, 0.2) is 0 Å². The molecule has 1 N–H and O–H groups in total. The van der Waals surface area contributed by atoms with E-state index in [0.717, 1.165) is 37.3 Å². The van der Waals surface area contributed by atoms with Gasteiger partial charge < -0.3 is 15.1 Å². The van der Waals surface area contributed by atoms with Crippen molar-refractivity contribution in [3.8, 4) is 0 Å². The second-order valence-electron chi connectivity index (χ2n) is 5.73. The van der Waals surface area contributed by atoms with Gasteiger partial charge in [-0.3, -0.25) is 4.68 Å². The molecule has 1 saturated heterocycles. The summed E-state index contributed by atoms with van der Waals surface area (Å²) < 4.78 is 1.81. The highest BCUT2D eigenvalue weighted by molar-refractivity contribution is 5.74. The Morgan fingerprint density at radius 3 is 2.90 bits per heavy atom. The number of piperidine rings is 1. The van der Waals surface area contributed by atoms with Crippen molar-refractivity contribution < 1.29 is 4.79 Å². The Morgan fingerprint density at radius 1 is 1.55 bits per heavy atom. The Bertz CT molecular complexity index is 470. The fraction of sp³-hybridized carbons (Fsp3) is 0.714. The fourth-order valence-electron chi connectivity index (χ4n) is 2.74. The Morgan fingerprint density at radius 2 is 2.30 bits per heavy atom. The number of nitrogens with one attached hydrogen (secondary N) is 1. The molecule has 2 rings (SSSR count). The third-order valence-electron chi connectivity index (χ3n) is 3.99. The van der Waals surface area contributed by atoms with Crippen LogP contribution < -0.4 is 5.32 Å². The molecule has 0 aromatic carbocycles. The summed E-state index contributed by atoms with van der Waals surface area (Å²) in [4.78, 5) is 16.3. The van der Waals surface area contributed by atoms with Gasteiger partial charge in [0.05, 0.1) is 17.9 Å². The smallest absolute Gasteiger partial charge is 0.317 e. The van der Waals surface area contributed by atoms with Crippen LogP contribution in [0.4, 0.5) is 4.79 Å². The van der Waals surface area contributed by atoms with Crippen LogP contribution in [0.5, 0.6) is 0 Å². The summed E-state index contributed by atoms with van der Waals surface area (Å²) >= 11 is 0. The lowest BCUT2D eigenvalue weighted by molar-refractivity contribution is 0.140. The first-order valence-corrected chi connectivity index (χ1v) is 7.16. The van der Waals surface area contributed by atoms with Crippen molar-refractivity contribution >= 4 is 6.03 Å². The molecule has 1 atom stereocenters. The van der Waals surface area contributed by atoms with Crippen molar-refractivity contribution in [2.24, 2.45) is 7.05 Å². The van der Waals surface area contributed by atoms with Gasteiger partial charge in [-0.05, 0) is 39.4 Å². The number of hydrogen-bond donors (Lipinski definition) is 1. The second-order valence-corrected chi connectivity index (χ2v) is 5.73. The average Bonchev–Trinajstić information content (AvgIpc) is 2.73. The van der Waals surface area contributed by atoms with E-state index in [1.165, 1.54) is 0 Å². The third kappa shape index (κ3) is 3.50. The van der Waals surface area contributed by atoms with E-state index in [1.807, 2.05) is 36.7 Å². The molecule has 2 heterocycles. The van der Waals surface area contributed by atoms with E-state index < -0.39 is 0 Å². The minimum Gasteiger partial charge on any atom is -0.332 e. The predicted molar refractivity (Wildman–Crippen MR) is 78.5 cm³/mol. The highest BCUT2D eigenvalue weighted by Gasteiger charge is 2.24. The number of hydrogen-bond acceptors (Lipinski definition) is 3. The maximum absolute atomic E-state index is 12.2. The van der Waals surface area contributed by atoms with Crippen molar-refractivity contribution in [2.45, 2.75) is 32.4 Å². The number of likely N-dealkylation sites (N-methyl/N-ethyl adjacent to an activating group) is 2. The van der Waals surface area contributed by atoms with E-state index >= 15 is 0 Å². The Balaban J connectivity index is 1.86. The first kappa shape index (κ1) is 14.8. The molecule has 1 aromatic rings. The van der Waals surface area contributed by atoms with Gasteiger partial charge in [-0.25, -0.2) is 4.79 Å². The van der Waals surface area contributed by atoms with Crippen LogP contribution in [0.15, 0.2) is 6.07 Å². The van der Waals surface area contributed by atoms with E-state index in [1.54, 1.807) is 0 Å². The molecule has 0 saturated carbocycles. The summed E-state index contributed by atoms with van der Waals surface area (Å²) in [5, 5.41) is 7.25. The molecule has 0 aliphatic carbocycles. The summed E-state index contributed by atoms with van der Waals surface area (Å²) in [6, 6.07) is 2.29. The molecule has 6 nitrogen and oxygen atoms in total. The lowest BCUT2D eigenvalue weighted by Gasteiger charge is -2.35. The van der Waals surface area contributed by atoms with E-state index in [0.29, 0.717) is 12.6 Å². The van der Waals surface area contributed by atoms with Gasteiger partial charge in [-0.15, -0.1) is 0 Å². The van der Waals surface area contributed by atoms with Gasteiger partial charge in [0.2, 0.25) is 0 Å². The molecule has 2 amide bonds. The Kier molecular flexibility index (Phi) is 4.65. The number of aromatic nitrogens is 2. The van der Waals surface area contributed by atoms with E-state index in [4.69, 9.17) is 0 Å². The van der Waals surface area contributed by atoms with Crippen LogP contribution in [0.3, 0.4) is 0 Å². The van der Waals surface area contributed by atoms with Crippen LogP contribution in [-0.2, 0) is 13.6 Å². The lowest BCUT2D eigenvalue weighted by Crippen LogP contribution is -2.50. The number of carbonyl (C=O) groups excluding carboxylic acids is 1. The van der Waals surface area contributed by atoms with Gasteiger partial charge in [-0.2, -0.15) is 5.10 Å². The molecule has 20 heavy (non-hydrogen) atoms. The molecule has 0 spiro atoms. The molecular weight excluding hydrogens is 254 g/mol. The topological polar surface area (TPSA) is 53.4 Å². The quantitative estimate of drug-likeness (QED) is 0.897. The van der Waals surface area contributed by atoms with Crippen LogP contribution in [0.25, 0.3) is 0 Å². The minimum absolute atomic E-state index is 0.0100. The number of likely N-dealkylation sites (tertiary alicyclic amines) is 1. The normalized spacial score (nSPS) is 19.9. The molecule has 112 valence electrons. The number of urea groups is 1. The fourth-order valence-corrected chi connectivity index (χ4v) is 2.74. The zero-order chi connectivity index (χ0) is 14.7. The molecule has 0 bridgehead atoms. The third-order valence-corrected chi connectivity index (χ3v) is 3.99. The van der Waals surface area contributed by atoms with Crippen LogP contribution in [0, 0.1) is 6.92 Å². The Hall–Kier alpha value is -1.56. The van der Waals surface area contributed by atoms with Gasteiger partial charge in [0, 0.05) is 26.7 Å². The van der Waals surface area contributed by atoms with Crippen molar-refractivity contribution in [3.05, 3.63) is 17.5 Å². The molecule has 0 radical (unpaired) electrons. The van der Waals surface area contributed by atoms with Gasteiger partial charge >= 0.3 is 6.03 Å². The molecule has 1 aromatic heterocycles. The highest BCUT2D eigenvalue weighted by Crippen LogP contribution is 2.13. The van der Waals surface area contributed by atoms with Gasteiger partial charge in [-0.1, -0.05) is 0 Å².